The maximum atomic E-state index is 12.9. The van der Waals surface area contributed by atoms with Crippen molar-refractivity contribution in [1.29, 1.82) is 0 Å². The summed E-state index contributed by atoms with van der Waals surface area (Å²) in [5.41, 5.74) is 0.313. The number of hydrogen-bond acceptors (Lipinski definition) is 3. The second-order valence-corrected chi connectivity index (χ2v) is 8.82. The van der Waals surface area contributed by atoms with Crippen LogP contribution in [0.2, 0.25) is 0 Å². The predicted octanol–water partition coefficient (Wildman–Crippen LogP) is 7.36. The van der Waals surface area contributed by atoms with Gasteiger partial charge in [-0.25, -0.2) is 9.18 Å². The first kappa shape index (κ1) is 28.1. The van der Waals surface area contributed by atoms with Crippen LogP contribution in [-0.4, -0.2) is 24.5 Å². The number of carbonyl (C=O) groups excluding carboxylic acids is 2. The molecule has 1 aromatic rings. The van der Waals surface area contributed by atoms with Crippen molar-refractivity contribution in [1.82, 2.24) is 5.32 Å². The molecular weight excluding hydrogens is 405 g/mol. The highest BCUT2D eigenvalue weighted by Crippen LogP contribution is 2.13. The molecule has 4 nitrogen and oxygen atoms in total. The van der Waals surface area contributed by atoms with Crippen molar-refractivity contribution in [3.63, 3.8) is 0 Å². The Morgan fingerprint density at radius 2 is 1.22 bits per heavy atom. The highest BCUT2D eigenvalue weighted by atomic mass is 19.1. The van der Waals surface area contributed by atoms with Crippen LogP contribution in [0.15, 0.2) is 24.3 Å². The Kier molecular flexibility index (Phi) is 16.4. The van der Waals surface area contributed by atoms with Crippen LogP contribution in [0.3, 0.4) is 0 Å². The van der Waals surface area contributed by atoms with E-state index in [1.807, 2.05) is 0 Å². The first-order chi connectivity index (χ1) is 15.5. The van der Waals surface area contributed by atoms with Gasteiger partial charge in [0.05, 0.1) is 6.61 Å². The molecule has 0 aliphatic heterocycles. The summed E-state index contributed by atoms with van der Waals surface area (Å²) in [7, 11) is 0. The maximum Gasteiger partial charge on any atom is 0.328 e. The molecule has 1 amide bonds. The standard InChI is InChI=1S/C27H44FNO3/c1-3-4-5-6-7-8-9-10-11-12-13-14-15-16-17-22-32-27(31)23(2)29-26(30)24-18-20-25(28)21-19-24/h18-21,23H,3-17,22H2,1-2H3,(H,29,30). The van der Waals surface area contributed by atoms with Crippen LogP contribution in [0, 0.1) is 5.82 Å². The number of nitrogens with one attached hydrogen (secondary N) is 1. The lowest BCUT2D eigenvalue weighted by molar-refractivity contribution is -0.145. The molecule has 1 N–H and O–H groups in total. The smallest absolute Gasteiger partial charge is 0.328 e. The Hall–Kier alpha value is -1.91. The average molecular weight is 450 g/mol. The predicted molar refractivity (Wildman–Crippen MR) is 129 cm³/mol. The summed E-state index contributed by atoms with van der Waals surface area (Å²) < 4.78 is 18.2. The molecule has 0 spiro atoms. The molecule has 0 saturated carbocycles. The number of halogens is 1. The highest BCUT2D eigenvalue weighted by Gasteiger charge is 2.17. The molecule has 0 aromatic heterocycles. The molecular formula is C27H44FNO3. The van der Waals surface area contributed by atoms with Gasteiger partial charge in [0.2, 0.25) is 0 Å². The lowest BCUT2D eigenvalue weighted by atomic mass is 10.0. The SMILES string of the molecule is CCCCCCCCCCCCCCCCCOC(=O)C(C)NC(=O)c1ccc(F)cc1. The number of rotatable bonds is 19. The van der Waals surface area contributed by atoms with Gasteiger partial charge in [-0.05, 0) is 37.6 Å². The minimum absolute atomic E-state index is 0.313. The Balaban J connectivity index is 1.91. The Labute approximate surface area is 194 Å². The van der Waals surface area contributed by atoms with E-state index in [-0.39, 0.29) is 0 Å². The lowest BCUT2D eigenvalue weighted by Gasteiger charge is -2.13. The van der Waals surface area contributed by atoms with E-state index in [4.69, 9.17) is 4.74 Å². The summed E-state index contributed by atoms with van der Waals surface area (Å²) in [5.74, 6) is -1.26. The fraction of sp³-hybridized carbons (Fsp3) is 0.704. The van der Waals surface area contributed by atoms with Gasteiger partial charge < -0.3 is 10.1 Å². The van der Waals surface area contributed by atoms with E-state index < -0.39 is 23.7 Å². The second-order valence-electron chi connectivity index (χ2n) is 8.82. The van der Waals surface area contributed by atoms with Crippen LogP contribution in [0.25, 0.3) is 0 Å². The van der Waals surface area contributed by atoms with Crippen molar-refractivity contribution in [3.05, 3.63) is 35.6 Å². The van der Waals surface area contributed by atoms with Crippen LogP contribution in [0.4, 0.5) is 4.39 Å². The number of benzene rings is 1. The Bertz CT molecular complexity index is 618. The molecule has 0 fully saturated rings. The van der Waals surface area contributed by atoms with Crippen molar-refractivity contribution >= 4 is 11.9 Å². The number of amides is 1. The highest BCUT2D eigenvalue weighted by molar-refractivity contribution is 5.96. The molecule has 0 bridgehead atoms. The molecule has 1 unspecified atom stereocenters. The molecule has 0 aliphatic carbocycles. The van der Waals surface area contributed by atoms with Gasteiger partial charge >= 0.3 is 5.97 Å². The summed E-state index contributed by atoms with van der Waals surface area (Å²) in [4.78, 5) is 24.1. The van der Waals surface area contributed by atoms with Gasteiger partial charge in [-0.15, -0.1) is 0 Å². The van der Waals surface area contributed by atoms with Gasteiger partial charge in [0.15, 0.2) is 0 Å². The van der Waals surface area contributed by atoms with E-state index in [2.05, 4.69) is 12.2 Å². The first-order valence-corrected chi connectivity index (χ1v) is 12.8. The monoisotopic (exact) mass is 449 g/mol. The molecule has 1 atom stereocenters. The van der Waals surface area contributed by atoms with E-state index in [1.54, 1.807) is 6.92 Å². The van der Waals surface area contributed by atoms with Crippen molar-refractivity contribution in [2.45, 2.75) is 116 Å². The molecule has 0 radical (unpaired) electrons. The van der Waals surface area contributed by atoms with Crippen molar-refractivity contribution in [2.24, 2.45) is 0 Å². The van der Waals surface area contributed by atoms with Gasteiger partial charge in [-0.2, -0.15) is 0 Å². The summed E-state index contributed by atoms with van der Waals surface area (Å²) in [6.45, 7) is 4.24. The molecule has 1 rings (SSSR count). The molecule has 0 saturated heterocycles. The molecule has 182 valence electrons. The van der Waals surface area contributed by atoms with Gasteiger partial charge in [-0.1, -0.05) is 96.8 Å². The number of esters is 1. The van der Waals surface area contributed by atoms with Gasteiger partial charge in [-0.3, -0.25) is 4.79 Å². The van der Waals surface area contributed by atoms with Crippen molar-refractivity contribution in [3.8, 4) is 0 Å². The summed E-state index contributed by atoms with van der Waals surface area (Å²) in [5, 5.41) is 2.58. The van der Waals surface area contributed by atoms with Gasteiger partial charge in [0.1, 0.15) is 11.9 Å². The van der Waals surface area contributed by atoms with Crippen LogP contribution in [0.5, 0.6) is 0 Å². The van der Waals surface area contributed by atoms with E-state index in [0.29, 0.717) is 12.2 Å². The van der Waals surface area contributed by atoms with Gasteiger partial charge in [0.25, 0.3) is 5.91 Å². The fourth-order valence-electron chi connectivity index (χ4n) is 3.71. The minimum atomic E-state index is -0.733. The normalized spacial score (nSPS) is 11.8. The van der Waals surface area contributed by atoms with Crippen molar-refractivity contribution < 1.29 is 18.7 Å². The van der Waals surface area contributed by atoms with Crippen LogP contribution >= 0.6 is 0 Å². The molecule has 0 heterocycles. The maximum absolute atomic E-state index is 12.9. The van der Waals surface area contributed by atoms with E-state index >= 15 is 0 Å². The summed E-state index contributed by atoms with van der Waals surface area (Å²) in [6.07, 6.45) is 19.4. The first-order valence-electron chi connectivity index (χ1n) is 12.8. The summed E-state index contributed by atoms with van der Waals surface area (Å²) in [6, 6.07) is 4.48. The third-order valence-corrected chi connectivity index (χ3v) is 5.80. The molecule has 0 aliphatic rings. The summed E-state index contributed by atoms with van der Waals surface area (Å²) >= 11 is 0. The van der Waals surface area contributed by atoms with Crippen LogP contribution in [0.1, 0.15) is 121 Å². The second kappa shape index (κ2) is 18.6. The van der Waals surface area contributed by atoms with Crippen LogP contribution in [-0.2, 0) is 9.53 Å². The number of ether oxygens (including phenoxy) is 1. The number of carbonyl (C=O) groups is 2. The molecule has 32 heavy (non-hydrogen) atoms. The zero-order valence-corrected chi connectivity index (χ0v) is 20.3. The quantitative estimate of drug-likeness (QED) is 0.177. The van der Waals surface area contributed by atoms with E-state index in [0.717, 1.165) is 12.8 Å². The number of unbranched alkanes of at least 4 members (excludes halogenated alkanes) is 14. The van der Waals surface area contributed by atoms with E-state index in [1.165, 1.54) is 108 Å². The number of hydrogen-bond donors (Lipinski definition) is 1. The third kappa shape index (κ3) is 14.2. The van der Waals surface area contributed by atoms with Gasteiger partial charge in [0, 0.05) is 5.56 Å². The van der Waals surface area contributed by atoms with E-state index in [9.17, 15) is 14.0 Å². The molecule has 1 aromatic carbocycles. The average Bonchev–Trinajstić information content (AvgIpc) is 2.79. The topological polar surface area (TPSA) is 55.4 Å². The minimum Gasteiger partial charge on any atom is -0.464 e. The molecule has 5 heteroatoms. The zero-order valence-electron chi connectivity index (χ0n) is 20.3. The Morgan fingerprint density at radius 1 is 0.781 bits per heavy atom. The van der Waals surface area contributed by atoms with Crippen LogP contribution < -0.4 is 5.32 Å². The lowest BCUT2D eigenvalue weighted by Crippen LogP contribution is -2.39. The largest absolute Gasteiger partial charge is 0.464 e. The third-order valence-electron chi connectivity index (χ3n) is 5.80. The Morgan fingerprint density at radius 3 is 1.69 bits per heavy atom. The van der Waals surface area contributed by atoms with Crippen molar-refractivity contribution in [2.75, 3.05) is 6.61 Å². The fourth-order valence-corrected chi connectivity index (χ4v) is 3.71. The zero-order chi connectivity index (χ0) is 23.4.